The van der Waals surface area contributed by atoms with E-state index in [1.54, 1.807) is 0 Å². The number of alkyl halides is 1. The highest BCUT2D eigenvalue weighted by molar-refractivity contribution is 6.21. The number of hydrogen-bond donors (Lipinski definition) is 1. The number of halogens is 2. The lowest BCUT2D eigenvalue weighted by Gasteiger charge is -2.24. The van der Waals surface area contributed by atoms with E-state index in [9.17, 15) is 0 Å². The number of rotatable bonds is 7. The molecular weight excluding hydrogens is 301 g/mol. The largest absolute Gasteiger partial charge is 0.308 e. The lowest BCUT2D eigenvalue weighted by atomic mass is 9.98. The van der Waals surface area contributed by atoms with E-state index in [0.29, 0.717) is 0 Å². The molecule has 3 heteroatoms. The highest BCUT2D eigenvalue weighted by Gasteiger charge is 2.21. The third-order valence-electron chi connectivity index (χ3n) is 3.46. The van der Waals surface area contributed by atoms with E-state index in [1.165, 1.54) is 18.4 Å². The summed E-state index contributed by atoms with van der Waals surface area (Å²) >= 11 is 6.72. The number of benzene rings is 2. The van der Waals surface area contributed by atoms with Crippen LogP contribution in [0.15, 0.2) is 60.7 Å². The predicted molar refractivity (Wildman–Crippen MR) is 94.4 cm³/mol. The van der Waals surface area contributed by atoms with Crippen molar-refractivity contribution >= 4 is 24.0 Å². The molecule has 1 nitrogen and oxygen atoms in total. The van der Waals surface area contributed by atoms with Crippen LogP contribution in [0.25, 0.3) is 0 Å². The van der Waals surface area contributed by atoms with Gasteiger partial charge in [-0.05, 0) is 24.1 Å². The average Bonchev–Trinajstić information content (AvgIpc) is 2.53. The van der Waals surface area contributed by atoms with Gasteiger partial charge in [0.2, 0.25) is 0 Å². The first-order valence-electron chi connectivity index (χ1n) is 7.30. The summed E-state index contributed by atoms with van der Waals surface area (Å²) in [6.45, 7) is 3.20. The minimum atomic E-state index is -0.0598. The van der Waals surface area contributed by atoms with Gasteiger partial charge in [0.1, 0.15) is 0 Å². The summed E-state index contributed by atoms with van der Waals surface area (Å²) in [7, 11) is 0. The van der Waals surface area contributed by atoms with Gasteiger partial charge in [-0.2, -0.15) is 0 Å². The number of unbranched alkanes of at least 4 members (excludes halogenated alkanes) is 1. The quantitative estimate of drug-likeness (QED) is 0.522. The molecule has 0 radical (unpaired) electrons. The summed E-state index contributed by atoms with van der Waals surface area (Å²) in [6, 6.07) is 20.9. The zero-order valence-electron chi connectivity index (χ0n) is 12.3. The van der Waals surface area contributed by atoms with Gasteiger partial charge in [-0.25, -0.2) is 0 Å². The maximum absolute atomic E-state index is 6.72. The molecule has 2 rings (SSSR count). The Kier molecular flexibility index (Phi) is 8.44. The van der Waals surface area contributed by atoms with Crippen LogP contribution in [0.4, 0.5) is 0 Å². The lowest BCUT2D eigenvalue weighted by molar-refractivity contribution is 0.507. The van der Waals surface area contributed by atoms with Crippen LogP contribution in [-0.4, -0.2) is 6.54 Å². The zero-order valence-corrected chi connectivity index (χ0v) is 13.9. The van der Waals surface area contributed by atoms with Crippen molar-refractivity contribution in [1.29, 1.82) is 0 Å². The highest BCUT2D eigenvalue weighted by Crippen LogP contribution is 2.34. The van der Waals surface area contributed by atoms with Crippen molar-refractivity contribution in [3.63, 3.8) is 0 Å². The van der Waals surface area contributed by atoms with Crippen molar-refractivity contribution in [1.82, 2.24) is 5.32 Å². The van der Waals surface area contributed by atoms with E-state index in [0.717, 1.165) is 12.1 Å². The first kappa shape index (κ1) is 18.0. The third-order valence-corrected chi connectivity index (χ3v) is 3.97. The number of hydrogen-bond acceptors (Lipinski definition) is 1. The van der Waals surface area contributed by atoms with Crippen molar-refractivity contribution in [2.75, 3.05) is 6.54 Å². The Morgan fingerprint density at radius 1 is 0.905 bits per heavy atom. The Morgan fingerprint density at radius 2 is 1.43 bits per heavy atom. The monoisotopic (exact) mass is 323 g/mol. The normalized spacial score (nSPS) is 13.2. The van der Waals surface area contributed by atoms with E-state index >= 15 is 0 Å². The first-order chi connectivity index (χ1) is 9.83. The molecule has 0 bridgehead atoms. The molecule has 2 unspecified atom stereocenters. The third kappa shape index (κ3) is 5.35. The molecule has 2 atom stereocenters. The molecule has 0 saturated carbocycles. The summed E-state index contributed by atoms with van der Waals surface area (Å²) in [5, 5.41) is 3.54. The van der Waals surface area contributed by atoms with Crippen LogP contribution in [-0.2, 0) is 0 Å². The van der Waals surface area contributed by atoms with Crippen LogP contribution in [0, 0.1) is 0 Å². The van der Waals surface area contributed by atoms with E-state index in [4.69, 9.17) is 11.6 Å². The zero-order chi connectivity index (χ0) is 14.2. The summed E-state index contributed by atoms with van der Waals surface area (Å²) in [4.78, 5) is 0. The van der Waals surface area contributed by atoms with Crippen LogP contribution in [0.2, 0.25) is 0 Å². The van der Waals surface area contributed by atoms with Crippen LogP contribution in [0.3, 0.4) is 0 Å². The molecular formula is C18H23Cl2N. The Hall–Kier alpha value is -1.02. The van der Waals surface area contributed by atoms with E-state index < -0.39 is 0 Å². The second-order valence-electron chi connectivity index (χ2n) is 5.01. The van der Waals surface area contributed by atoms with Crippen LogP contribution < -0.4 is 5.32 Å². The second kappa shape index (κ2) is 9.83. The van der Waals surface area contributed by atoms with Crippen molar-refractivity contribution in [3.8, 4) is 0 Å². The second-order valence-corrected chi connectivity index (χ2v) is 5.48. The van der Waals surface area contributed by atoms with E-state index in [-0.39, 0.29) is 23.8 Å². The minimum Gasteiger partial charge on any atom is -0.308 e. The predicted octanol–water partition coefficient (Wildman–Crippen LogP) is 5.52. The molecule has 2 aromatic rings. The van der Waals surface area contributed by atoms with Crippen molar-refractivity contribution < 1.29 is 0 Å². The lowest BCUT2D eigenvalue weighted by Crippen LogP contribution is -2.26. The summed E-state index contributed by atoms with van der Waals surface area (Å²) in [5.41, 5.74) is 2.40. The highest BCUT2D eigenvalue weighted by atomic mass is 35.5. The molecule has 0 heterocycles. The van der Waals surface area contributed by atoms with E-state index in [2.05, 4.69) is 48.6 Å². The summed E-state index contributed by atoms with van der Waals surface area (Å²) < 4.78 is 0. The van der Waals surface area contributed by atoms with E-state index in [1.807, 2.05) is 24.3 Å². The van der Waals surface area contributed by atoms with Gasteiger partial charge in [-0.3, -0.25) is 0 Å². The molecule has 0 amide bonds. The first-order valence-corrected chi connectivity index (χ1v) is 7.74. The fourth-order valence-corrected chi connectivity index (χ4v) is 2.69. The molecule has 0 aliphatic carbocycles. The molecule has 114 valence electrons. The fourth-order valence-electron chi connectivity index (χ4n) is 2.31. The van der Waals surface area contributed by atoms with Crippen LogP contribution >= 0.6 is 24.0 Å². The molecule has 0 spiro atoms. The maximum atomic E-state index is 6.72. The number of nitrogens with one attached hydrogen (secondary N) is 1. The standard InChI is InChI=1S/C18H22ClN.ClH/c1-2-3-14-20-18(16-12-8-5-9-13-16)17(19)15-10-6-4-7-11-15;/h4-13,17-18,20H,2-3,14H2,1H3;1H. The molecule has 2 aromatic carbocycles. The Bertz CT molecular complexity index is 487. The molecule has 0 aromatic heterocycles. The SMILES string of the molecule is CCCCNC(c1ccccc1)C(Cl)c1ccccc1.Cl. The summed E-state index contributed by atoms with van der Waals surface area (Å²) in [6.07, 6.45) is 2.36. The van der Waals surface area contributed by atoms with Gasteiger partial charge in [-0.15, -0.1) is 24.0 Å². The van der Waals surface area contributed by atoms with Gasteiger partial charge >= 0.3 is 0 Å². The Balaban J connectivity index is 0.00000220. The van der Waals surface area contributed by atoms with Crippen molar-refractivity contribution in [2.45, 2.75) is 31.2 Å². The Labute approximate surface area is 139 Å². The van der Waals surface area contributed by atoms with Gasteiger partial charge in [-0.1, -0.05) is 74.0 Å². The molecule has 0 aliphatic rings. The van der Waals surface area contributed by atoms with Crippen molar-refractivity contribution in [3.05, 3.63) is 71.8 Å². The Morgan fingerprint density at radius 3 is 1.95 bits per heavy atom. The van der Waals surface area contributed by atoms with Crippen LogP contribution in [0.5, 0.6) is 0 Å². The molecule has 0 fully saturated rings. The van der Waals surface area contributed by atoms with Gasteiger partial charge < -0.3 is 5.32 Å². The molecule has 0 saturated heterocycles. The molecule has 21 heavy (non-hydrogen) atoms. The minimum absolute atomic E-state index is 0. The topological polar surface area (TPSA) is 12.0 Å². The van der Waals surface area contributed by atoms with Crippen LogP contribution in [0.1, 0.15) is 42.3 Å². The van der Waals surface area contributed by atoms with Crippen molar-refractivity contribution in [2.24, 2.45) is 0 Å². The van der Waals surface area contributed by atoms with Gasteiger partial charge in [0.05, 0.1) is 11.4 Å². The van der Waals surface area contributed by atoms with Gasteiger partial charge in [0.15, 0.2) is 0 Å². The van der Waals surface area contributed by atoms with Gasteiger partial charge in [0, 0.05) is 0 Å². The molecule has 1 N–H and O–H groups in total. The fraction of sp³-hybridized carbons (Fsp3) is 0.333. The van der Waals surface area contributed by atoms with Gasteiger partial charge in [0.25, 0.3) is 0 Å². The average molecular weight is 324 g/mol. The molecule has 0 aliphatic heterocycles. The smallest absolute Gasteiger partial charge is 0.0780 e. The maximum Gasteiger partial charge on any atom is 0.0780 e. The summed E-state index contributed by atoms with van der Waals surface area (Å²) in [5.74, 6) is 0.